The Balaban J connectivity index is 0.000000365. The van der Waals surface area contributed by atoms with Crippen LogP contribution in [0.15, 0.2) is 201 Å². The molecule has 0 N–H and O–H groups in total. The number of aryl methyl sites for hydroxylation is 13. The van der Waals surface area contributed by atoms with Gasteiger partial charge in [0.05, 0.1) is 23.3 Å². The third-order valence-corrected chi connectivity index (χ3v) is 14.5. The van der Waals surface area contributed by atoms with E-state index < -0.39 is 0 Å². The number of rotatable bonds is 0. The number of nitrogens with zero attached hydrogens (tertiary/aromatic N) is 8. The third-order valence-electron chi connectivity index (χ3n) is 14.5. The minimum atomic E-state index is 0.0632. The number of hydrogen-bond donors (Lipinski definition) is 0. The van der Waals surface area contributed by atoms with Crippen molar-refractivity contribution < 1.29 is 0 Å². The monoisotopic (exact) mass is 1270 g/mol. The maximum absolute atomic E-state index is 8.56. The Morgan fingerprint density at radius 2 is 0.802 bits per heavy atom. The Kier molecular flexibility index (Phi) is 34.9. The van der Waals surface area contributed by atoms with Gasteiger partial charge >= 0.3 is 0 Å². The predicted octanol–water partition coefficient (Wildman–Crippen LogP) is 21.5. The molecular weight excluding hydrogens is 1170 g/mol. The van der Waals surface area contributed by atoms with Crippen molar-refractivity contribution in [3.63, 3.8) is 0 Å². The van der Waals surface area contributed by atoms with Gasteiger partial charge in [0.15, 0.2) is 0 Å². The van der Waals surface area contributed by atoms with Gasteiger partial charge in [-0.1, -0.05) is 183 Å². The molecule has 11 rings (SSSR count). The lowest BCUT2D eigenvalue weighted by Gasteiger charge is -2.22. The van der Waals surface area contributed by atoms with Crippen LogP contribution >= 0.6 is 0 Å². The van der Waals surface area contributed by atoms with Crippen molar-refractivity contribution in [1.82, 2.24) is 29.9 Å². The largest absolute Gasteiger partial charge is 0.262 e. The highest BCUT2D eigenvalue weighted by Crippen LogP contribution is 2.49. The highest BCUT2D eigenvalue weighted by molar-refractivity contribution is 5.46. The van der Waals surface area contributed by atoms with Crippen LogP contribution in [0, 0.1) is 137 Å². The van der Waals surface area contributed by atoms with Crippen LogP contribution in [0.1, 0.15) is 194 Å². The fraction of sp³-hybridized carbons (Fsp3) is 0.318. The number of fused-ring (bicyclic) bond motifs is 1. The summed E-state index contributed by atoms with van der Waals surface area (Å²) in [7, 11) is 0. The first-order valence-corrected chi connectivity index (χ1v) is 32.5. The molecule has 0 unspecified atom stereocenters. The molecule has 0 saturated heterocycles. The molecule has 1 aliphatic carbocycles. The Morgan fingerprint density at radius 3 is 1.22 bits per heavy atom. The standard InChI is InChI=1S/C14H20.C10H15N.C10H7N.C9H14N2.C9H8.C8H11N.C8H7N.C7H9N.C7H8.C6H7N/c1-10-6-7-11-12(8-10)14(4,5)9-13(11,2)3;1-8-7-9(5-6-11-8)10(2,3)4;1-3-9-4-8(2)5-10(6-9)7-11;1-7-5-10-8(11-6-7)9(2,3)4;1-3-9-6-4-8(2)5-7-9;1-6-4-7(2)9-8(3)5-6;1-7-3-2-4-8(5-7)6-9;1-6-4-3-5-7(2)8-6;1-7-5-3-2-4-6-7;1-6-4-2-3-5-7-6/h6-8H,9H2,1-5H3;5-7H,1-4H3;1,4-6H,2H3;5-6H,1-4H3;1,4-7H,2H3;4-5H,1-3H3;2-5H,1H3;3-5H,1-2H3;2-6H,1H3;2-5H,1H3. The van der Waals surface area contributed by atoms with Crippen molar-refractivity contribution in [3.05, 3.63) is 319 Å². The van der Waals surface area contributed by atoms with Gasteiger partial charge in [0.2, 0.25) is 0 Å². The number of terminal acetylenes is 2. The fourth-order valence-electron chi connectivity index (χ4n) is 9.90. The summed E-state index contributed by atoms with van der Waals surface area (Å²) in [5, 5.41) is 17.0. The molecule has 5 aromatic heterocycles. The minimum absolute atomic E-state index is 0.0632. The van der Waals surface area contributed by atoms with E-state index in [4.69, 9.17) is 23.4 Å². The van der Waals surface area contributed by atoms with Crippen LogP contribution in [-0.4, -0.2) is 29.9 Å². The highest BCUT2D eigenvalue weighted by Gasteiger charge is 2.41. The lowest BCUT2D eigenvalue weighted by molar-refractivity contribution is 0.403. The van der Waals surface area contributed by atoms with Crippen molar-refractivity contribution in [2.45, 2.75) is 187 Å². The van der Waals surface area contributed by atoms with E-state index in [-0.39, 0.29) is 10.8 Å². The second-order valence-electron chi connectivity index (χ2n) is 27.6. The van der Waals surface area contributed by atoms with Gasteiger partial charge in [0.25, 0.3) is 0 Å². The number of nitriles is 2. The molecule has 10 aromatic rings. The number of hydrogen-bond acceptors (Lipinski definition) is 8. The summed E-state index contributed by atoms with van der Waals surface area (Å²) < 4.78 is 0. The van der Waals surface area contributed by atoms with Crippen LogP contribution < -0.4 is 0 Å². The van der Waals surface area contributed by atoms with Gasteiger partial charge in [-0.25, -0.2) is 9.97 Å². The fourth-order valence-corrected chi connectivity index (χ4v) is 9.90. The van der Waals surface area contributed by atoms with E-state index in [1.54, 1.807) is 35.5 Å². The molecular formula is C88H106N8. The zero-order valence-electron chi connectivity index (χ0n) is 62.0. The first-order chi connectivity index (χ1) is 45.0. The normalized spacial score (nSPS) is 11.4. The lowest BCUT2D eigenvalue weighted by Crippen LogP contribution is -2.17. The summed E-state index contributed by atoms with van der Waals surface area (Å²) in [5.74, 6) is 5.95. The minimum Gasteiger partial charge on any atom is -0.262 e. The van der Waals surface area contributed by atoms with Gasteiger partial charge in [0.1, 0.15) is 5.82 Å². The molecule has 96 heavy (non-hydrogen) atoms. The van der Waals surface area contributed by atoms with Gasteiger partial charge < -0.3 is 0 Å². The van der Waals surface area contributed by atoms with Crippen molar-refractivity contribution in [3.8, 4) is 36.8 Å². The highest BCUT2D eigenvalue weighted by atomic mass is 14.9. The van der Waals surface area contributed by atoms with E-state index in [0.717, 1.165) is 73.4 Å². The van der Waals surface area contributed by atoms with E-state index >= 15 is 0 Å². The Morgan fingerprint density at radius 1 is 0.344 bits per heavy atom. The van der Waals surface area contributed by atoms with Crippen LogP contribution in [0.4, 0.5) is 0 Å². The molecule has 8 nitrogen and oxygen atoms in total. The van der Waals surface area contributed by atoms with E-state index in [1.165, 1.54) is 34.2 Å². The Labute approximate surface area is 580 Å². The van der Waals surface area contributed by atoms with Gasteiger partial charge in [-0.2, -0.15) is 10.5 Å². The molecule has 5 aromatic carbocycles. The first kappa shape index (κ1) is 82.0. The molecule has 0 atom stereocenters. The number of pyridine rings is 4. The quantitative estimate of drug-likeness (QED) is 0.138. The second-order valence-corrected chi connectivity index (χ2v) is 27.6. The van der Waals surface area contributed by atoms with Crippen molar-refractivity contribution in [1.29, 1.82) is 10.5 Å². The molecule has 8 heteroatoms. The molecule has 0 radical (unpaired) electrons. The Bertz CT molecular complexity index is 3960. The molecule has 0 aliphatic heterocycles. The van der Waals surface area contributed by atoms with E-state index in [9.17, 15) is 0 Å². The van der Waals surface area contributed by atoms with Gasteiger partial charge in [-0.15, -0.1) is 12.8 Å². The van der Waals surface area contributed by atoms with Gasteiger partial charge in [-0.05, 0) is 243 Å². The Hall–Kier alpha value is -10.1. The summed E-state index contributed by atoms with van der Waals surface area (Å²) in [5.41, 5.74) is 23.6. The summed E-state index contributed by atoms with van der Waals surface area (Å²) >= 11 is 0. The first-order valence-electron chi connectivity index (χ1n) is 32.5. The van der Waals surface area contributed by atoms with Crippen LogP contribution in [0.25, 0.3) is 0 Å². The zero-order valence-corrected chi connectivity index (χ0v) is 62.0. The van der Waals surface area contributed by atoms with E-state index in [1.807, 2.05) is 197 Å². The number of benzene rings is 5. The van der Waals surface area contributed by atoms with Crippen LogP contribution in [0.3, 0.4) is 0 Å². The second kappa shape index (κ2) is 40.9. The molecule has 5 heterocycles. The molecule has 0 saturated carbocycles. The molecule has 0 fully saturated rings. The molecule has 0 bridgehead atoms. The van der Waals surface area contributed by atoms with Crippen molar-refractivity contribution >= 4 is 0 Å². The van der Waals surface area contributed by atoms with E-state index in [0.29, 0.717) is 16.4 Å². The van der Waals surface area contributed by atoms with Crippen molar-refractivity contribution in [2.75, 3.05) is 0 Å². The molecule has 0 amide bonds. The van der Waals surface area contributed by atoms with Gasteiger partial charge in [0, 0.05) is 75.5 Å². The van der Waals surface area contributed by atoms with Crippen LogP contribution in [0.2, 0.25) is 0 Å². The summed E-state index contributed by atoms with van der Waals surface area (Å²) in [6.45, 7) is 48.7. The molecule has 1 aliphatic rings. The SMILES string of the molecule is C#Cc1cc(C)cc(C#N)c1.C#Cc1ccc(C)cc1.Cc1cc(C(C)(C)C)ccn1.Cc1cc(C)nc(C)c1.Cc1ccc2c(c1)C(C)(C)CC2(C)C.Cc1cccc(C#N)c1.Cc1cccc(C)n1.Cc1ccccc1.Cc1ccccn1.Cc1cnc(C(C)(C)C)nc1. The zero-order chi connectivity index (χ0) is 72.2. The molecule has 498 valence electrons. The topological polar surface area (TPSA) is 125 Å². The van der Waals surface area contributed by atoms with E-state index in [2.05, 4.69) is 192 Å². The smallest absolute Gasteiger partial charge is 0.133 e. The average Bonchev–Trinajstić information content (AvgIpc) is 1.60. The maximum atomic E-state index is 8.56. The number of aromatic nitrogens is 6. The summed E-state index contributed by atoms with van der Waals surface area (Å²) in [4.78, 5) is 25.0. The van der Waals surface area contributed by atoms with Gasteiger partial charge in [-0.3, -0.25) is 19.9 Å². The van der Waals surface area contributed by atoms with Crippen LogP contribution in [-0.2, 0) is 21.7 Å². The summed E-state index contributed by atoms with van der Waals surface area (Å²) in [6.07, 6.45) is 19.0. The maximum Gasteiger partial charge on any atom is 0.133 e. The lowest BCUT2D eigenvalue weighted by atomic mass is 9.82. The van der Waals surface area contributed by atoms with Crippen molar-refractivity contribution in [2.24, 2.45) is 0 Å². The third kappa shape index (κ3) is 33.6. The summed E-state index contributed by atoms with van der Waals surface area (Å²) in [6, 6.07) is 62.3. The van der Waals surface area contributed by atoms with Crippen LogP contribution in [0.5, 0.6) is 0 Å². The predicted molar refractivity (Wildman–Crippen MR) is 406 cm³/mol. The average molecular weight is 1280 g/mol. The molecule has 0 spiro atoms.